The third-order valence-electron chi connectivity index (χ3n) is 10.2. The van der Waals surface area contributed by atoms with Crippen molar-refractivity contribution in [2.75, 3.05) is 0 Å². The summed E-state index contributed by atoms with van der Waals surface area (Å²) in [5, 5.41) is 14.8. The standard InChI is InChI=1S/C50H44N2OS/c1-49(2,3)38-27-37(47(53)43(30-38)50(4,5)6)31-51-44-25-13-12-23-41(44)48-52-46-42(40-24-15-19-33-18-10-11-22-39(33)40)28-36(29-45(46)54-48)35-21-14-20-34(26-35)32-16-8-7-9-17-32/h7-31,53H,1-6H3. The minimum absolute atomic E-state index is 0.0846. The first-order chi connectivity index (χ1) is 25.9. The molecule has 0 fully saturated rings. The molecule has 0 aliphatic carbocycles. The number of aliphatic imine (C=N–C) groups is 1. The number of aromatic hydroxyl groups is 1. The zero-order valence-corrected chi connectivity index (χ0v) is 32.5. The van der Waals surface area contributed by atoms with Crippen LogP contribution in [0.1, 0.15) is 58.2 Å². The highest BCUT2D eigenvalue weighted by atomic mass is 32.1. The summed E-state index contributed by atoms with van der Waals surface area (Å²) < 4.78 is 1.11. The maximum absolute atomic E-state index is 11.5. The van der Waals surface area contributed by atoms with E-state index in [-0.39, 0.29) is 16.6 Å². The topological polar surface area (TPSA) is 45.5 Å². The molecule has 54 heavy (non-hydrogen) atoms. The summed E-state index contributed by atoms with van der Waals surface area (Å²) in [5.41, 5.74) is 12.2. The van der Waals surface area contributed by atoms with E-state index >= 15 is 0 Å². The van der Waals surface area contributed by atoms with Crippen LogP contribution >= 0.6 is 11.3 Å². The first-order valence-corrected chi connectivity index (χ1v) is 19.4. The molecule has 0 saturated carbocycles. The van der Waals surface area contributed by atoms with Crippen molar-refractivity contribution in [2.45, 2.75) is 52.4 Å². The fraction of sp³-hybridized carbons (Fsp3) is 0.160. The summed E-state index contributed by atoms with van der Waals surface area (Å²) in [6, 6.07) is 51.4. The first kappa shape index (κ1) is 35.2. The van der Waals surface area contributed by atoms with Crippen LogP contribution < -0.4 is 0 Å². The summed E-state index contributed by atoms with van der Waals surface area (Å²) in [6.45, 7) is 13.0. The van der Waals surface area contributed by atoms with Gasteiger partial charge >= 0.3 is 0 Å². The number of rotatable bonds is 6. The van der Waals surface area contributed by atoms with E-state index in [1.165, 1.54) is 21.9 Å². The molecule has 7 aromatic carbocycles. The van der Waals surface area contributed by atoms with Gasteiger partial charge in [-0.25, -0.2) is 4.98 Å². The smallest absolute Gasteiger partial charge is 0.128 e. The molecular formula is C50H44N2OS. The van der Waals surface area contributed by atoms with E-state index in [0.29, 0.717) is 5.56 Å². The number of thiazole rings is 1. The van der Waals surface area contributed by atoms with Crippen molar-refractivity contribution in [1.82, 2.24) is 4.98 Å². The van der Waals surface area contributed by atoms with Crippen LogP contribution in [0, 0.1) is 0 Å². The lowest BCUT2D eigenvalue weighted by atomic mass is 9.79. The van der Waals surface area contributed by atoms with E-state index in [1.54, 1.807) is 11.3 Å². The van der Waals surface area contributed by atoms with Gasteiger partial charge in [0.15, 0.2) is 0 Å². The molecule has 4 heteroatoms. The van der Waals surface area contributed by atoms with Gasteiger partial charge in [0, 0.05) is 28.5 Å². The van der Waals surface area contributed by atoms with E-state index < -0.39 is 0 Å². The lowest BCUT2D eigenvalue weighted by Crippen LogP contribution is -2.17. The van der Waals surface area contributed by atoms with Crippen LogP contribution in [0.3, 0.4) is 0 Å². The second-order valence-corrected chi connectivity index (χ2v) is 17.1. The van der Waals surface area contributed by atoms with Crippen molar-refractivity contribution >= 4 is 44.2 Å². The van der Waals surface area contributed by atoms with Crippen molar-refractivity contribution < 1.29 is 5.11 Å². The quantitative estimate of drug-likeness (QED) is 0.174. The van der Waals surface area contributed by atoms with Crippen molar-refractivity contribution in [2.24, 2.45) is 4.99 Å². The highest BCUT2D eigenvalue weighted by Gasteiger charge is 2.25. The number of phenolic OH excluding ortho intramolecular Hbond substituents is 1. The highest BCUT2D eigenvalue weighted by Crippen LogP contribution is 2.44. The molecule has 0 aliphatic rings. The number of fused-ring (bicyclic) bond motifs is 2. The van der Waals surface area contributed by atoms with E-state index in [9.17, 15) is 5.11 Å². The molecule has 3 nitrogen and oxygen atoms in total. The summed E-state index contributed by atoms with van der Waals surface area (Å²) in [4.78, 5) is 10.4. The van der Waals surface area contributed by atoms with Crippen LogP contribution in [0.25, 0.3) is 64.9 Å². The minimum Gasteiger partial charge on any atom is -0.507 e. The molecule has 0 spiro atoms. The number of nitrogens with zero attached hydrogens (tertiary/aromatic N) is 2. The molecule has 0 saturated heterocycles. The van der Waals surface area contributed by atoms with Gasteiger partial charge in [-0.05, 0) is 91.4 Å². The monoisotopic (exact) mass is 720 g/mol. The van der Waals surface area contributed by atoms with Crippen LogP contribution in [-0.2, 0) is 10.8 Å². The van der Waals surface area contributed by atoms with Crippen molar-refractivity contribution in [3.63, 3.8) is 0 Å². The number of aromatic nitrogens is 1. The molecule has 1 N–H and O–H groups in total. The number of hydrogen-bond acceptors (Lipinski definition) is 4. The molecule has 266 valence electrons. The minimum atomic E-state index is -0.226. The molecule has 0 bridgehead atoms. The van der Waals surface area contributed by atoms with Gasteiger partial charge in [0.1, 0.15) is 10.8 Å². The summed E-state index contributed by atoms with van der Waals surface area (Å²) in [6.07, 6.45) is 1.81. The summed E-state index contributed by atoms with van der Waals surface area (Å²) in [5.74, 6) is 0.278. The second kappa shape index (κ2) is 13.9. The maximum Gasteiger partial charge on any atom is 0.128 e. The molecule has 0 aliphatic heterocycles. The second-order valence-electron chi connectivity index (χ2n) is 16.1. The number of phenols is 1. The van der Waals surface area contributed by atoms with Crippen LogP contribution in [0.4, 0.5) is 5.69 Å². The SMILES string of the molecule is CC(C)(C)c1cc(C=Nc2ccccc2-c2nc3c(-c4cccc5ccccc45)cc(-c4cccc(-c5ccccc5)c4)cc3s2)c(O)c(C(C)(C)C)c1. The van der Waals surface area contributed by atoms with Gasteiger partial charge in [0.05, 0.1) is 15.9 Å². The Morgan fingerprint density at radius 2 is 1.22 bits per heavy atom. The Labute approximate surface area is 322 Å². The van der Waals surface area contributed by atoms with E-state index in [2.05, 4.69) is 169 Å². The van der Waals surface area contributed by atoms with Gasteiger partial charge in [-0.15, -0.1) is 11.3 Å². The van der Waals surface area contributed by atoms with Gasteiger partial charge in [-0.3, -0.25) is 4.99 Å². The molecule has 8 aromatic rings. The van der Waals surface area contributed by atoms with Crippen molar-refractivity contribution in [1.29, 1.82) is 0 Å². The van der Waals surface area contributed by atoms with Crippen LogP contribution in [0.15, 0.2) is 151 Å². The fourth-order valence-corrected chi connectivity index (χ4v) is 8.22. The Morgan fingerprint density at radius 3 is 2.00 bits per heavy atom. The molecule has 1 aromatic heterocycles. The highest BCUT2D eigenvalue weighted by molar-refractivity contribution is 7.21. The van der Waals surface area contributed by atoms with E-state index in [0.717, 1.165) is 59.9 Å². The van der Waals surface area contributed by atoms with Crippen LogP contribution in [-0.4, -0.2) is 16.3 Å². The largest absolute Gasteiger partial charge is 0.507 e. The molecular weight excluding hydrogens is 677 g/mol. The zero-order chi connectivity index (χ0) is 37.6. The molecule has 0 unspecified atom stereocenters. The average molecular weight is 721 g/mol. The van der Waals surface area contributed by atoms with Crippen LogP contribution in [0.2, 0.25) is 0 Å². The molecule has 8 rings (SSSR count). The third-order valence-corrected chi connectivity index (χ3v) is 11.2. The maximum atomic E-state index is 11.5. The Balaban J connectivity index is 1.29. The predicted molar refractivity (Wildman–Crippen MR) is 232 cm³/mol. The normalized spacial score (nSPS) is 12.3. The van der Waals surface area contributed by atoms with Gasteiger partial charge in [0.25, 0.3) is 0 Å². The van der Waals surface area contributed by atoms with E-state index in [4.69, 9.17) is 9.98 Å². The van der Waals surface area contributed by atoms with Crippen molar-refractivity contribution in [3.8, 4) is 49.7 Å². The first-order valence-electron chi connectivity index (χ1n) is 18.5. The predicted octanol–water partition coefficient (Wildman–Crippen LogP) is 14.2. The number of hydrogen-bond donors (Lipinski definition) is 1. The van der Waals surface area contributed by atoms with Gasteiger partial charge in [-0.1, -0.05) is 151 Å². The molecule has 0 radical (unpaired) electrons. The Hall–Kier alpha value is -5.84. The lowest BCUT2D eigenvalue weighted by molar-refractivity contribution is 0.444. The Kier molecular flexibility index (Phi) is 9.03. The summed E-state index contributed by atoms with van der Waals surface area (Å²) in [7, 11) is 0. The van der Waals surface area contributed by atoms with Gasteiger partial charge in [-0.2, -0.15) is 0 Å². The zero-order valence-electron chi connectivity index (χ0n) is 31.7. The van der Waals surface area contributed by atoms with Gasteiger partial charge < -0.3 is 5.11 Å². The Morgan fingerprint density at radius 1 is 0.574 bits per heavy atom. The molecule has 0 atom stereocenters. The number of para-hydroxylation sites is 1. The summed E-state index contributed by atoms with van der Waals surface area (Å²) >= 11 is 1.69. The Bertz CT molecular complexity index is 2680. The molecule has 1 heterocycles. The van der Waals surface area contributed by atoms with Gasteiger partial charge in [0.2, 0.25) is 0 Å². The number of benzene rings is 7. The van der Waals surface area contributed by atoms with Crippen LogP contribution in [0.5, 0.6) is 5.75 Å². The fourth-order valence-electron chi connectivity index (χ4n) is 7.15. The molecule has 0 amide bonds. The lowest BCUT2D eigenvalue weighted by Gasteiger charge is -2.27. The van der Waals surface area contributed by atoms with E-state index in [1.807, 2.05) is 24.4 Å². The van der Waals surface area contributed by atoms with Crippen molar-refractivity contribution in [3.05, 3.63) is 162 Å². The average Bonchev–Trinajstić information content (AvgIpc) is 3.61. The third kappa shape index (κ3) is 6.86.